The monoisotopic (exact) mass is 231 g/mol. The maximum Gasteiger partial charge on any atom is 0.167 e. The van der Waals surface area contributed by atoms with Crippen LogP contribution in [0.1, 0.15) is 11.1 Å². The molecule has 2 aromatic carbocycles. The normalized spacial score (nSPS) is 10.2. The van der Waals surface area contributed by atoms with Gasteiger partial charge in [0.1, 0.15) is 6.61 Å². The molecule has 0 saturated carbocycles. The van der Waals surface area contributed by atoms with Crippen molar-refractivity contribution in [3.8, 4) is 5.75 Å². The first-order valence-corrected chi connectivity index (χ1v) is 5.39. The van der Waals surface area contributed by atoms with Crippen LogP contribution in [-0.2, 0) is 6.61 Å². The number of rotatable bonds is 3. The van der Waals surface area contributed by atoms with Crippen LogP contribution in [0, 0.1) is 12.7 Å². The predicted octanol–water partition coefficient (Wildman–Crippen LogP) is 3.30. The van der Waals surface area contributed by atoms with Crippen LogP contribution in [0.25, 0.3) is 0 Å². The van der Waals surface area contributed by atoms with Crippen molar-refractivity contribution in [2.45, 2.75) is 13.5 Å². The minimum Gasteiger partial charge on any atom is -0.486 e. The fourth-order valence-corrected chi connectivity index (χ4v) is 1.51. The molecule has 0 aliphatic rings. The summed E-state index contributed by atoms with van der Waals surface area (Å²) in [7, 11) is 0. The lowest BCUT2D eigenvalue weighted by Gasteiger charge is -2.08. The van der Waals surface area contributed by atoms with Crippen LogP contribution in [0.3, 0.4) is 0 Å². The van der Waals surface area contributed by atoms with Gasteiger partial charge in [0.05, 0.1) is 0 Å². The molecule has 0 atom stereocenters. The molecular formula is C14H14FNO. The van der Waals surface area contributed by atoms with E-state index in [2.05, 4.69) is 0 Å². The molecule has 0 bridgehead atoms. The smallest absolute Gasteiger partial charge is 0.167 e. The Morgan fingerprint density at radius 1 is 1.12 bits per heavy atom. The molecule has 0 amide bonds. The maximum absolute atomic E-state index is 13.6. The van der Waals surface area contributed by atoms with Crippen LogP contribution in [0.15, 0.2) is 42.5 Å². The van der Waals surface area contributed by atoms with Gasteiger partial charge in [-0.05, 0) is 36.2 Å². The first-order chi connectivity index (χ1) is 8.16. The highest BCUT2D eigenvalue weighted by Gasteiger charge is 2.05. The molecule has 2 aromatic rings. The second-order valence-electron chi connectivity index (χ2n) is 3.92. The third-order valence-electron chi connectivity index (χ3n) is 2.53. The van der Waals surface area contributed by atoms with Crippen LogP contribution in [0.2, 0.25) is 0 Å². The zero-order chi connectivity index (χ0) is 12.3. The molecule has 0 spiro atoms. The molecule has 17 heavy (non-hydrogen) atoms. The van der Waals surface area contributed by atoms with E-state index >= 15 is 0 Å². The summed E-state index contributed by atoms with van der Waals surface area (Å²) in [5, 5.41) is 0. The quantitative estimate of drug-likeness (QED) is 0.822. The molecule has 0 aromatic heterocycles. The van der Waals surface area contributed by atoms with Crippen molar-refractivity contribution < 1.29 is 9.13 Å². The van der Waals surface area contributed by atoms with Crippen molar-refractivity contribution in [2.75, 3.05) is 5.73 Å². The largest absolute Gasteiger partial charge is 0.486 e. The Bertz CT molecular complexity index is 508. The van der Waals surface area contributed by atoms with Gasteiger partial charge in [-0.25, -0.2) is 4.39 Å². The van der Waals surface area contributed by atoms with E-state index < -0.39 is 0 Å². The first kappa shape index (κ1) is 11.5. The Balaban J connectivity index is 2.07. The molecule has 2 rings (SSSR count). The van der Waals surface area contributed by atoms with Crippen molar-refractivity contribution in [2.24, 2.45) is 0 Å². The van der Waals surface area contributed by atoms with Gasteiger partial charge in [-0.1, -0.05) is 24.3 Å². The molecule has 2 N–H and O–H groups in total. The summed E-state index contributed by atoms with van der Waals surface area (Å²) < 4.78 is 19.1. The van der Waals surface area contributed by atoms with Crippen LogP contribution in [-0.4, -0.2) is 0 Å². The number of hydrogen-bond donors (Lipinski definition) is 1. The predicted molar refractivity (Wildman–Crippen MR) is 66.3 cm³/mol. The summed E-state index contributed by atoms with van der Waals surface area (Å²) in [6.07, 6.45) is 0. The van der Waals surface area contributed by atoms with Gasteiger partial charge in [-0.3, -0.25) is 0 Å². The lowest BCUT2D eigenvalue weighted by Crippen LogP contribution is -1.98. The molecule has 3 heteroatoms. The molecule has 0 aliphatic carbocycles. The lowest BCUT2D eigenvalue weighted by atomic mass is 10.2. The summed E-state index contributed by atoms with van der Waals surface area (Å²) >= 11 is 0. The first-order valence-electron chi connectivity index (χ1n) is 5.39. The fourth-order valence-electron chi connectivity index (χ4n) is 1.51. The lowest BCUT2D eigenvalue weighted by molar-refractivity contribution is 0.289. The molecule has 0 fully saturated rings. The van der Waals surface area contributed by atoms with E-state index in [1.54, 1.807) is 37.3 Å². The van der Waals surface area contributed by atoms with Gasteiger partial charge in [0.15, 0.2) is 11.6 Å². The summed E-state index contributed by atoms with van der Waals surface area (Å²) in [6.45, 7) is 2.05. The SMILES string of the molecule is Cc1cccc(OCc2ccc(N)cc2)c1F. The van der Waals surface area contributed by atoms with E-state index in [9.17, 15) is 4.39 Å². The number of benzene rings is 2. The van der Waals surface area contributed by atoms with Crippen LogP contribution in [0.4, 0.5) is 10.1 Å². The second-order valence-corrected chi connectivity index (χ2v) is 3.92. The van der Waals surface area contributed by atoms with E-state index in [4.69, 9.17) is 10.5 Å². The van der Waals surface area contributed by atoms with Gasteiger partial charge in [-0.15, -0.1) is 0 Å². The van der Waals surface area contributed by atoms with E-state index in [1.807, 2.05) is 12.1 Å². The van der Waals surface area contributed by atoms with Gasteiger partial charge in [0.2, 0.25) is 0 Å². The molecule has 0 radical (unpaired) electrons. The van der Waals surface area contributed by atoms with Crippen molar-refractivity contribution in [3.63, 3.8) is 0 Å². The number of ether oxygens (including phenoxy) is 1. The van der Waals surface area contributed by atoms with Crippen molar-refractivity contribution >= 4 is 5.69 Å². The Morgan fingerprint density at radius 2 is 1.82 bits per heavy atom. The Kier molecular flexibility index (Phi) is 3.28. The zero-order valence-electron chi connectivity index (χ0n) is 9.61. The van der Waals surface area contributed by atoms with Gasteiger partial charge in [-0.2, -0.15) is 0 Å². The average Bonchev–Trinajstić information content (AvgIpc) is 2.33. The topological polar surface area (TPSA) is 35.2 Å². The van der Waals surface area contributed by atoms with E-state index in [0.717, 1.165) is 5.56 Å². The van der Waals surface area contributed by atoms with Gasteiger partial charge in [0.25, 0.3) is 0 Å². The number of anilines is 1. The molecule has 2 nitrogen and oxygen atoms in total. The Labute approximate surface area is 99.8 Å². The third kappa shape index (κ3) is 2.75. The summed E-state index contributed by atoms with van der Waals surface area (Å²) in [6, 6.07) is 12.4. The number of aryl methyl sites for hydroxylation is 1. The van der Waals surface area contributed by atoms with Gasteiger partial charge >= 0.3 is 0 Å². The highest BCUT2D eigenvalue weighted by molar-refractivity contribution is 5.39. The standard InChI is InChI=1S/C14H14FNO/c1-10-3-2-4-13(14(10)15)17-9-11-5-7-12(16)8-6-11/h2-8H,9,16H2,1H3. The zero-order valence-corrected chi connectivity index (χ0v) is 9.61. The average molecular weight is 231 g/mol. The fraction of sp³-hybridized carbons (Fsp3) is 0.143. The Morgan fingerprint density at radius 3 is 2.53 bits per heavy atom. The van der Waals surface area contributed by atoms with Crippen LogP contribution >= 0.6 is 0 Å². The molecule has 0 unspecified atom stereocenters. The Hall–Kier alpha value is -2.03. The van der Waals surface area contributed by atoms with E-state index in [0.29, 0.717) is 17.9 Å². The number of halogens is 1. The minimum atomic E-state index is -0.303. The number of nitrogens with two attached hydrogens (primary N) is 1. The molecule has 0 heterocycles. The molecule has 0 aliphatic heterocycles. The van der Waals surface area contributed by atoms with Gasteiger partial charge in [0, 0.05) is 5.69 Å². The highest BCUT2D eigenvalue weighted by Crippen LogP contribution is 2.20. The molecule has 0 saturated heterocycles. The van der Waals surface area contributed by atoms with Crippen molar-refractivity contribution in [1.29, 1.82) is 0 Å². The summed E-state index contributed by atoms with van der Waals surface area (Å²) in [5.74, 6) is -0.0234. The third-order valence-corrected chi connectivity index (χ3v) is 2.53. The van der Waals surface area contributed by atoms with Crippen LogP contribution < -0.4 is 10.5 Å². The highest BCUT2D eigenvalue weighted by atomic mass is 19.1. The molecule has 88 valence electrons. The summed E-state index contributed by atoms with van der Waals surface area (Å²) in [5.41, 5.74) is 7.82. The van der Waals surface area contributed by atoms with Crippen molar-refractivity contribution in [1.82, 2.24) is 0 Å². The second kappa shape index (κ2) is 4.87. The van der Waals surface area contributed by atoms with Crippen molar-refractivity contribution in [3.05, 3.63) is 59.4 Å². The van der Waals surface area contributed by atoms with Gasteiger partial charge < -0.3 is 10.5 Å². The maximum atomic E-state index is 13.6. The van der Waals surface area contributed by atoms with Crippen LogP contribution in [0.5, 0.6) is 5.75 Å². The van der Waals surface area contributed by atoms with E-state index in [-0.39, 0.29) is 11.6 Å². The molecular weight excluding hydrogens is 217 g/mol. The number of hydrogen-bond acceptors (Lipinski definition) is 2. The summed E-state index contributed by atoms with van der Waals surface area (Å²) in [4.78, 5) is 0. The van der Waals surface area contributed by atoms with E-state index in [1.165, 1.54) is 0 Å². The minimum absolute atomic E-state index is 0.279. The number of nitrogen functional groups attached to an aromatic ring is 1.